The van der Waals surface area contributed by atoms with E-state index in [-0.39, 0.29) is 12.2 Å². The largest absolute Gasteiger partial charge is 0.444 e. The van der Waals surface area contributed by atoms with Crippen LogP contribution in [-0.2, 0) is 9.53 Å². The van der Waals surface area contributed by atoms with Crippen molar-refractivity contribution in [2.24, 2.45) is 0 Å². The second kappa shape index (κ2) is 8.16. The van der Waals surface area contributed by atoms with Crippen molar-refractivity contribution in [1.29, 1.82) is 0 Å². The molecule has 7 nitrogen and oxygen atoms in total. The number of halogens is 1. The topological polar surface area (TPSA) is 87.7 Å². The maximum atomic E-state index is 13.7. The number of carbonyl (C=O) groups is 3. The van der Waals surface area contributed by atoms with Gasteiger partial charge >= 0.3 is 12.1 Å². The molecule has 26 heavy (non-hydrogen) atoms. The van der Waals surface area contributed by atoms with E-state index in [1.807, 2.05) is 0 Å². The van der Waals surface area contributed by atoms with E-state index >= 15 is 0 Å². The first-order valence-corrected chi connectivity index (χ1v) is 8.54. The van der Waals surface area contributed by atoms with Crippen LogP contribution < -0.4 is 10.6 Å². The highest BCUT2D eigenvalue weighted by Gasteiger charge is 2.33. The average molecular weight is 365 g/mol. The SMILES string of the molecule is CC(C)(C)OC(=O)N[C@H]1CCCCN(C(=O)Nc2ccccc2F)C1=O. The Hall–Kier alpha value is -2.64. The molecular weight excluding hydrogens is 341 g/mol. The highest BCUT2D eigenvalue weighted by molar-refractivity contribution is 6.03. The van der Waals surface area contributed by atoms with Crippen LogP contribution in [0.3, 0.4) is 0 Å². The zero-order valence-electron chi connectivity index (χ0n) is 15.2. The van der Waals surface area contributed by atoms with Gasteiger partial charge in [-0.3, -0.25) is 9.69 Å². The van der Waals surface area contributed by atoms with Crippen molar-refractivity contribution < 1.29 is 23.5 Å². The third-order valence-corrected chi connectivity index (χ3v) is 3.74. The summed E-state index contributed by atoms with van der Waals surface area (Å²) in [4.78, 5) is 38.0. The lowest BCUT2D eigenvalue weighted by Gasteiger charge is -2.25. The number of hydrogen-bond donors (Lipinski definition) is 2. The van der Waals surface area contributed by atoms with Crippen molar-refractivity contribution in [1.82, 2.24) is 10.2 Å². The van der Waals surface area contributed by atoms with Gasteiger partial charge in [0.25, 0.3) is 5.91 Å². The second-order valence-corrected chi connectivity index (χ2v) is 7.09. The normalized spacial score (nSPS) is 18.1. The standard InChI is InChI=1S/C18H24FN3O4/c1-18(2,3)26-17(25)21-14-10-6-7-11-22(15(14)23)16(24)20-13-9-5-4-8-12(13)19/h4-5,8-9,14H,6-7,10-11H2,1-3H3,(H,20,24)(H,21,25)/t14-/m0/s1. The molecule has 0 aromatic heterocycles. The molecule has 0 radical (unpaired) electrons. The van der Waals surface area contributed by atoms with Crippen LogP contribution in [0.5, 0.6) is 0 Å². The fourth-order valence-corrected chi connectivity index (χ4v) is 2.57. The van der Waals surface area contributed by atoms with Crippen LogP contribution in [0, 0.1) is 5.82 Å². The Morgan fingerprint density at radius 2 is 1.92 bits per heavy atom. The number of anilines is 1. The molecule has 0 saturated carbocycles. The molecule has 4 amide bonds. The van der Waals surface area contributed by atoms with E-state index in [2.05, 4.69) is 10.6 Å². The highest BCUT2D eigenvalue weighted by Crippen LogP contribution is 2.17. The molecule has 1 aromatic carbocycles. The molecule has 1 atom stereocenters. The number of ether oxygens (including phenoxy) is 1. The van der Waals surface area contributed by atoms with Crippen molar-refractivity contribution in [3.05, 3.63) is 30.1 Å². The van der Waals surface area contributed by atoms with Crippen LogP contribution in [0.1, 0.15) is 40.0 Å². The van der Waals surface area contributed by atoms with Gasteiger partial charge in [0.2, 0.25) is 0 Å². The number of imide groups is 1. The van der Waals surface area contributed by atoms with Gasteiger partial charge in [-0.05, 0) is 52.2 Å². The van der Waals surface area contributed by atoms with Crippen molar-refractivity contribution in [2.45, 2.75) is 51.7 Å². The molecule has 1 aromatic rings. The van der Waals surface area contributed by atoms with E-state index in [9.17, 15) is 18.8 Å². The number of rotatable bonds is 2. The number of benzene rings is 1. The lowest BCUT2D eigenvalue weighted by atomic mass is 10.1. The van der Waals surface area contributed by atoms with Crippen LogP contribution in [0.25, 0.3) is 0 Å². The fourth-order valence-electron chi connectivity index (χ4n) is 2.57. The smallest absolute Gasteiger partial charge is 0.408 e. The molecule has 142 valence electrons. The molecule has 1 aliphatic rings. The van der Waals surface area contributed by atoms with Crippen molar-refractivity contribution in [2.75, 3.05) is 11.9 Å². The summed E-state index contributed by atoms with van der Waals surface area (Å²) < 4.78 is 18.9. The summed E-state index contributed by atoms with van der Waals surface area (Å²) >= 11 is 0. The first-order chi connectivity index (χ1) is 12.2. The van der Waals surface area contributed by atoms with Crippen LogP contribution in [0.2, 0.25) is 0 Å². The minimum atomic E-state index is -0.862. The molecule has 2 rings (SSSR count). The van der Waals surface area contributed by atoms with Gasteiger partial charge in [0, 0.05) is 6.54 Å². The summed E-state index contributed by atoms with van der Waals surface area (Å²) in [6, 6.07) is 4.12. The molecule has 8 heteroatoms. The maximum Gasteiger partial charge on any atom is 0.408 e. The Morgan fingerprint density at radius 3 is 2.58 bits per heavy atom. The second-order valence-electron chi connectivity index (χ2n) is 7.09. The molecule has 1 fully saturated rings. The van der Waals surface area contributed by atoms with Gasteiger partial charge in [-0.25, -0.2) is 14.0 Å². The molecule has 1 saturated heterocycles. The fraction of sp³-hybridized carbons (Fsp3) is 0.500. The molecular formula is C18H24FN3O4. The summed E-state index contributed by atoms with van der Waals surface area (Å²) in [5.74, 6) is -1.13. The van der Waals surface area contributed by atoms with Crippen LogP contribution in [0.15, 0.2) is 24.3 Å². The molecule has 0 unspecified atom stereocenters. The molecule has 0 bridgehead atoms. The van der Waals surface area contributed by atoms with E-state index in [0.717, 1.165) is 4.90 Å². The predicted molar refractivity (Wildman–Crippen MR) is 94.1 cm³/mol. The third-order valence-electron chi connectivity index (χ3n) is 3.74. The summed E-state index contributed by atoms with van der Waals surface area (Å²) in [5.41, 5.74) is -0.703. The zero-order valence-corrected chi connectivity index (χ0v) is 15.2. The number of para-hydroxylation sites is 1. The van der Waals surface area contributed by atoms with Crippen LogP contribution in [0.4, 0.5) is 19.7 Å². The number of urea groups is 1. The molecule has 2 N–H and O–H groups in total. The van der Waals surface area contributed by atoms with Gasteiger partial charge in [-0.2, -0.15) is 0 Å². The minimum Gasteiger partial charge on any atom is -0.444 e. The van der Waals surface area contributed by atoms with Gasteiger partial charge in [-0.15, -0.1) is 0 Å². The monoisotopic (exact) mass is 365 g/mol. The van der Waals surface area contributed by atoms with Crippen LogP contribution in [-0.4, -0.2) is 41.1 Å². The number of nitrogens with one attached hydrogen (secondary N) is 2. The summed E-state index contributed by atoms with van der Waals surface area (Å²) in [6.07, 6.45) is 0.951. The van der Waals surface area contributed by atoms with Crippen LogP contribution >= 0.6 is 0 Å². The number of hydrogen-bond acceptors (Lipinski definition) is 4. The van der Waals surface area contributed by atoms with Crippen molar-refractivity contribution >= 4 is 23.7 Å². The Kier molecular flexibility index (Phi) is 6.18. The summed E-state index contributed by atoms with van der Waals surface area (Å²) in [7, 11) is 0. The molecule has 0 aliphatic carbocycles. The lowest BCUT2D eigenvalue weighted by molar-refractivity contribution is -0.129. The minimum absolute atomic E-state index is 0.00815. The zero-order chi connectivity index (χ0) is 19.3. The Bertz CT molecular complexity index is 687. The summed E-state index contributed by atoms with van der Waals surface area (Å²) in [6.45, 7) is 5.35. The number of nitrogens with zero attached hydrogens (tertiary/aromatic N) is 1. The van der Waals surface area contributed by atoms with E-state index in [1.165, 1.54) is 18.2 Å². The van der Waals surface area contributed by atoms with Crippen molar-refractivity contribution in [3.8, 4) is 0 Å². The Labute approximate surface area is 151 Å². The Balaban J connectivity index is 2.06. The highest BCUT2D eigenvalue weighted by atomic mass is 19.1. The molecule has 0 spiro atoms. The first-order valence-electron chi connectivity index (χ1n) is 8.54. The van der Waals surface area contributed by atoms with E-state index in [0.29, 0.717) is 19.3 Å². The van der Waals surface area contributed by atoms with Crippen molar-refractivity contribution in [3.63, 3.8) is 0 Å². The number of alkyl carbamates (subject to hydrolysis) is 1. The van der Waals surface area contributed by atoms with Gasteiger partial charge in [-0.1, -0.05) is 12.1 Å². The quantitative estimate of drug-likeness (QED) is 0.842. The number of carbonyl (C=O) groups excluding carboxylic acids is 3. The Morgan fingerprint density at radius 1 is 1.23 bits per heavy atom. The lowest BCUT2D eigenvalue weighted by Crippen LogP contribution is -2.51. The number of likely N-dealkylation sites (tertiary alicyclic amines) is 1. The number of amides is 4. The summed E-state index contributed by atoms with van der Waals surface area (Å²) in [5, 5.41) is 4.92. The predicted octanol–water partition coefficient (Wildman–Crippen LogP) is 3.26. The van der Waals surface area contributed by atoms with E-state index < -0.39 is 35.5 Å². The van der Waals surface area contributed by atoms with E-state index in [4.69, 9.17) is 4.74 Å². The van der Waals surface area contributed by atoms with Gasteiger partial charge < -0.3 is 15.4 Å². The maximum absolute atomic E-state index is 13.7. The van der Waals surface area contributed by atoms with Gasteiger partial charge in [0.1, 0.15) is 17.5 Å². The third kappa shape index (κ3) is 5.44. The van der Waals surface area contributed by atoms with Gasteiger partial charge in [0.15, 0.2) is 0 Å². The molecule has 1 aliphatic heterocycles. The van der Waals surface area contributed by atoms with E-state index in [1.54, 1.807) is 26.8 Å². The average Bonchev–Trinajstić information content (AvgIpc) is 2.70. The first kappa shape index (κ1) is 19.7. The molecule has 1 heterocycles. The van der Waals surface area contributed by atoms with Gasteiger partial charge in [0.05, 0.1) is 5.69 Å².